The van der Waals surface area contributed by atoms with Gasteiger partial charge in [-0.3, -0.25) is 9.52 Å². The number of rotatable bonds is 9. The van der Waals surface area contributed by atoms with Crippen LogP contribution in [-0.2, 0) is 10.0 Å². The normalized spacial score (nSPS) is 11.1. The van der Waals surface area contributed by atoms with E-state index in [0.29, 0.717) is 10.9 Å². The molecule has 5 rings (SSSR count). The molecule has 42 heavy (non-hydrogen) atoms. The average molecular weight is 592 g/mol. The predicted molar refractivity (Wildman–Crippen MR) is 153 cm³/mol. The van der Waals surface area contributed by atoms with Crippen molar-refractivity contribution in [3.8, 4) is 23.1 Å². The molecule has 0 saturated heterocycles. The van der Waals surface area contributed by atoms with Gasteiger partial charge in [0.1, 0.15) is 11.3 Å². The number of amides is 1. The molecule has 1 aromatic heterocycles. The van der Waals surface area contributed by atoms with Crippen molar-refractivity contribution in [2.75, 3.05) is 24.3 Å². The summed E-state index contributed by atoms with van der Waals surface area (Å²) in [5, 5.41) is 3.36. The van der Waals surface area contributed by atoms with E-state index < -0.39 is 27.6 Å². The van der Waals surface area contributed by atoms with Crippen LogP contribution in [0.4, 0.5) is 20.2 Å². The van der Waals surface area contributed by atoms with Crippen LogP contribution in [0.5, 0.6) is 23.1 Å². The number of pyridine rings is 1. The van der Waals surface area contributed by atoms with Gasteiger partial charge in [-0.05, 0) is 60.7 Å². The molecule has 5 aromatic rings. The number of aromatic nitrogens is 1. The minimum atomic E-state index is -4.06. The lowest BCUT2D eigenvalue weighted by molar-refractivity contribution is 0.102. The quantitative estimate of drug-likeness (QED) is 0.205. The molecule has 0 fully saturated rings. The third kappa shape index (κ3) is 6.08. The van der Waals surface area contributed by atoms with E-state index in [0.717, 1.165) is 12.1 Å². The van der Waals surface area contributed by atoms with Crippen molar-refractivity contribution in [2.24, 2.45) is 0 Å². The van der Waals surface area contributed by atoms with E-state index in [4.69, 9.17) is 14.2 Å². The summed E-state index contributed by atoms with van der Waals surface area (Å²) in [6.45, 7) is 0. The highest BCUT2D eigenvalue weighted by molar-refractivity contribution is 7.92. The Balaban J connectivity index is 1.38. The second-order valence-electron chi connectivity index (χ2n) is 8.87. The Kier molecular flexibility index (Phi) is 7.89. The molecule has 0 aliphatic rings. The molecule has 9 nitrogen and oxygen atoms in total. The topological polar surface area (TPSA) is 116 Å². The summed E-state index contributed by atoms with van der Waals surface area (Å²) in [7, 11) is -1.42. The first-order valence-electron chi connectivity index (χ1n) is 12.4. The largest absolute Gasteiger partial charge is 0.494 e. The first kappa shape index (κ1) is 28.3. The summed E-state index contributed by atoms with van der Waals surface area (Å²) in [5.41, 5.74) is 0.907. The lowest BCUT2D eigenvalue weighted by Crippen LogP contribution is -2.15. The molecule has 0 radical (unpaired) electrons. The van der Waals surface area contributed by atoms with Gasteiger partial charge in [0.15, 0.2) is 23.1 Å². The van der Waals surface area contributed by atoms with Crippen LogP contribution >= 0.6 is 0 Å². The van der Waals surface area contributed by atoms with Crippen LogP contribution in [0.25, 0.3) is 10.9 Å². The molecule has 1 heterocycles. The lowest BCUT2D eigenvalue weighted by atomic mass is 10.1. The van der Waals surface area contributed by atoms with Gasteiger partial charge in [-0.1, -0.05) is 18.2 Å². The summed E-state index contributed by atoms with van der Waals surface area (Å²) < 4.78 is 71.8. The first-order chi connectivity index (χ1) is 20.2. The molecule has 2 N–H and O–H groups in total. The molecular weight excluding hydrogens is 568 g/mol. The smallest absolute Gasteiger partial charge is 0.261 e. The van der Waals surface area contributed by atoms with Crippen molar-refractivity contribution < 1.29 is 36.2 Å². The maximum atomic E-state index is 14.3. The zero-order chi connectivity index (χ0) is 29.9. The summed E-state index contributed by atoms with van der Waals surface area (Å²) in [5.74, 6) is -1.93. The van der Waals surface area contributed by atoms with Gasteiger partial charge in [0.25, 0.3) is 15.9 Å². The standard InChI is InChI=1S/C30H23F2N3O6S/c1-39-27-13-9-20(16-24(27)31)35-42(37,38)22-11-7-19(8-12-22)33-29(36)23-15-18-5-3-4-6-26(18)34-30(23)41-21-10-14-28(40-2)25(32)17-21/h3-17,35H,1-2H3,(H,33,36). The number of carbonyl (C=O) groups is 1. The van der Waals surface area contributed by atoms with Gasteiger partial charge in [-0.2, -0.15) is 0 Å². The average Bonchev–Trinajstić information content (AvgIpc) is 2.97. The first-order valence-corrected chi connectivity index (χ1v) is 13.8. The summed E-state index contributed by atoms with van der Waals surface area (Å²) in [4.78, 5) is 17.7. The van der Waals surface area contributed by atoms with Crippen molar-refractivity contribution in [1.29, 1.82) is 0 Å². The van der Waals surface area contributed by atoms with Crippen molar-refractivity contribution in [2.45, 2.75) is 4.90 Å². The zero-order valence-electron chi connectivity index (χ0n) is 22.2. The van der Waals surface area contributed by atoms with Crippen LogP contribution in [0.15, 0.2) is 95.9 Å². The maximum absolute atomic E-state index is 14.3. The van der Waals surface area contributed by atoms with E-state index in [1.807, 2.05) is 0 Å². The highest BCUT2D eigenvalue weighted by atomic mass is 32.2. The number of hydrogen-bond acceptors (Lipinski definition) is 7. The third-order valence-corrected chi connectivity index (χ3v) is 7.50. The van der Waals surface area contributed by atoms with Crippen molar-refractivity contribution >= 4 is 38.2 Å². The van der Waals surface area contributed by atoms with Crippen LogP contribution in [0, 0.1) is 11.6 Å². The van der Waals surface area contributed by atoms with Gasteiger partial charge in [0.05, 0.1) is 30.3 Å². The number of carbonyl (C=O) groups excluding carboxylic acids is 1. The molecule has 0 unspecified atom stereocenters. The van der Waals surface area contributed by atoms with Crippen LogP contribution < -0.4 is 24.2 Å². The number of ether oxygens (including phenoxy) is 3. The van der Waals surface area contributed by atoms with E-state index in [9.17, 15) is 22.0 Å². The van der Waals surface area contributed by atoms with Gasteiger partial charge in [0, 0.05) is 23.2 Å². The lowest BCUT2D eigenvalue weighted by Gasteiger charge is -2.13. The van der Waals surface area contributed by atoms with E-state index in [1.165, 1.54) is 62.8 Å². The van der Waals surface area contributed by atoms with Crippen molar-refractivity contribution in [1.82, 2.24) is 4.98 Å². The van der Waals surface area contributed by atoms with Crippen LogP contribution in [-0.4, -0.2) is 33.5 Å². The van der Waals surface area contributed by atoms with Crippen molar-refractivity contribution in [3.05, 3.63) is 108 Å². The number of nitrogens with one attached hydrogen (secondary N) is 2. The van der Waals surface area contributed by atoms with Gasteiger partial charge in [-0.15, -0.1) is 0 Å². The predicted octanol–water partition coefficient (Wildman–Crippen LogP) is 6.38. The molecular formula is C30H23F2N3O6S. The Morgan fingerprint density at radius 1 is 0.786 bits per heavy atom. The fraction of sp³-hybridized carbons (Fsp3) is 0.0667. The fourth-order valence-electron chi connectivity index (χ4n) is 4.02. The number of sulfonamides is 1. The maximum Gasteiger partial charge on any atom is 0.261 e. The minimum absolute atomic E-state index is 0.0127. The molecule has 0 aliphatic carbocycles. The van der Waals surface area contributed by atoms with Gasteiger partial charge in [-0.25, -0.2) is 22.2 Å². The molecule has 0 saturated carbocycles. The molecule has 1 amide bonds. The van der Waals surface area contributed by atoms with Gasteiger partial charge < -0.3 is 19.5 Å². The number of para-hydroxylation sites is 1. The third-order valence-electron chi connectivity index (χ3n) is 6.10. The molecule has 12 heteroatoms. The number of nitrogens with zero attached hydrogens (tertiary/aromatic N) is 1. The number of benzene rings is 4. The Morgan fingerprint density at radius 2 is 1.43 bits per heavy atom. The molecule has 4 aromatic carbocycles. The molecule has 0 atom stereocenters. The molecule has 214 valence electrons. The molecule has 0 spiro atoms. The van der Waals surface area contributed by atoms with Crippen LogP contribution in [0.1, 0.15) is 10.4 Å². The number of methoxy groups -OCH3 is 2. The Morgan fingerprint density at radius 3 is 2.10 bits per heavy atom. The molecule has 0 bridgehead atoms. The Labute approximate surface area is 239 Å². The number of halogens is 2. The summed E-state index contributed by atoms with van der Waals surface area (Å²) >= 11 is 0. The second-order valence-corrected chi connectivity index (χ2v) is 10.5. The zero-order valence-corrected chi connectivity index (χ0v) is 23.0. The summed E-state index contributed by atoms with van der Waals surface area (Å²) in [6, 6.07) is 21.7. The van der Waals surface area contributed by atoms with E-state index in [1.54, 1.807) is 30.3 Å². The SMILES string of the molecule is COc1ccc(NS(=O)(=O)c2ccc(NC(=O)c3cc4ccccc4nc3Oc3ccc(OC)c(F)c3)cc2)cc1F. The fourth-order valence-corrected chi connectivity index (χ4v) is 5.07. The number of anilines is 2. The van der Waals surface area contributed by atoms with Gasteiger partial charge in [0.2, 0.25) is 5.88 Å². The summed E-state index contributed by atoms with van der Waals surface area (Å²) in [6.07, 6.45) is 0. The highest BCUT2D eigenvalue weighted by Crippen LogP contribution is 2.31. The second kappa shape index (κ2) is 11.7. The minimum Gasteiger partial charge on any atom is -0.494 e. The molecule has 0 aliphatic heterocycles. The van der Waals surface area contributed by atoms with Crippen LogP contribution in [0.3, 0.4) is 0 Å². The van der Waals surface area contributed by atoms with E-state index in [2.05, 4.69) is 15.0 Å². The van der Waals surface area contributed by atoms with Crippen molar-refractivity contribution in [3.63, 3.8) is 0 Å². The number of hydrogen-bond donors (Lipinski definition) is 2. The Hall–Kier alpha value is -5.23. The monoisotopic (exact) mass is 591 g/mol. The number of fused-ring (bicyclic) bond motifs is 1. The highest BCUT2D eigenvalue weighted by Gasteiger charge is 2.19. The van der Waals surface area contributed by atoms with E-state index >= 15 is 0 Å². The van der Waals surface area contributed by atoms with Crippen LogP contribution in [0.2, 0.25) is 0 Å². The van der Waals surface area contributed by atoms with Gasteiger partial charge >= 0.3 is 0 Å². The van der Waals surface area contributed by atoms with E-state index in [-0.39, 0.29) is 45.0 Å². The Bertz CT molecular complexity index is 1900.